The molecule has 0 spiro atoms. The normalized spacial score (nSPS) is 12.7. The third-order valence-corrected chi connectivity index (χ3v) is 4.77. The molecule has 8 nitrogen and oxygen atoms in total. The molecule has 0 atom stereocenters. The molecule has 1 aromatic carbocycles. The number of alkyl halides is 3. The highest BCUT2D eigenvalue weighted by molar-refractivity contribution is 5.91. The largest absolute Gasteiger partial charge is 0.573 e. The maximum absolute atomic E-state index is 12.7. The number of nitrogens with one attached hydrogen (secondary N) is 2. The lowest BCUT2D eigenvalue weighted by Gasteiger charge is -2.19. The zero-order valence-corrected chi connectivity index (χ0v) is 16.6. The summed E-state index contributed by atoms with van der Waals surface area (Å²) in [6, 6.07) is 5.61. The Bertz CT molecular complexity index is 1140. The average molecular weight is 433 g/mol. The van der Waals surface area contributed by atoms with E-state index in [0.717, 1.165) is 5.56 Å². The first-order valence-electron chi connectivity index (χ1n) is 9.51. The SMILES string of the molecule is CCOC(=O)c1[nH]nc2c1CCc1c(C)nc(Nc3ccccc3OC(F)(F)F)nc1-2. The highest BCUT2D eigenvalue weighted by Crippen LogP contribution is 2.36. The maximum Gasteiger partial charge on any atom is 0.573 e. The molecule has 0 amide bonds. The number of ether oxygens (including phenoxy) is 2. The molecule has 2 aromatic heterocycles. The van der Waals surface area contributed by atoms with Gasteiger partial charge < -0.3 is 14.8 Å². The van der Waals surface area contributed by atoms with Crippen LogP contribution in [0.15, 0.2) is 24.3 Å². The Balaban J connectivity index is 1.71. The molecule has 0 saturated carbocycles. The van der Waals surface area contributed by atoms with E-state index in [0.29, 0.717) is 35.5 Å². The number of aromatic amines is 1. The highest BCUT2D eigenvalue weighted by Gasteiger charge is 2.32. The van der Waals surface area contributed by atoms with Crippen LogP contribution in [0.5, 0.6) is 5.75 Å². The third-order valence-electron chi connectivity index (χ3n) is 4.77. The van der Waals surface area contributed by atoms with Gasteiger partial charge in [-0.1, -0.05) is 12.1 Å². The number of fused-ring (bicyclic) bond motifs is 3. The number of halogens is 3. The van der Waals surface area contributed by atoms with E-state index < -0.39 is 18.1 Å². The fourth-order valence-electron chi connectivity index (χ4n) is 3.48. The van der Waals surface area contributed by atoms with Gasteiger partial charge in [0.15, 0.2) is 5.75 Å². The molecule has 11 heteroatoms. The molecule has 0 unspecified atom stereocenters. The van der Waals surface area contributed by atoms with Crippen molar-refractivity contribution in [2.45, 2.75) is 33.1 Å². The van der Waals surface area contributed by atoms with E-state index in [4.69, 9.17) is 4.74 Å². The van der Waals surface area contributed by atoms with Crippen molar-refractivity contribution >= 4 is 17.6 Å². The minimum absolute atomic E-state index is 0.0597. The lowest BCUT2D eigenvalue weighted by molar-refractivity contribution is -0.274. The molecule has 0 aliphatic heterocycles. The van der Waals surface area contributed by atoms with Crippen molar-refractivity contribution in [3.05, 3.63) is 46.8 Å². The number of aryl methyl sites for hydroxylation is 1. The summed E-state index contributed by atoms with van der Waals surface area (Å²) >= 11 is 0. The number of carbonyl (C=O) groups excluding carboxylic acids is 1. The molecule has 0 saturated heterocycles. The number of anilines is 2. The fourth-order valence-corrected chi connectivity index (χ4v) is 3.48. The standard InChI is InChI=1S/C20H18F3N5O3/c1-3-30-18(29)17-12-9-8-11-10(2)24-19(26-15(11)16(12)27-28-17)25-13-6-4-5-7-14(13)31-20(21,22)23/h4-7H,3,8-9H2,1-2H3,(H,27,28)(H,24,25,26). The van der Waals surface area contributed by atoms with Gasteiger partial charge in [-0.3, -0.25) is 5.10 Å². The molecule has 1 aliphatic carbocycles. The molecule has 4 rings (SSSR count). The second-order valence-electron chi connectivity index (χ2n) is 6.77. The zero-order chi connectivity index (χ0) is 22.2. The van der Waals surface area contributed by atoms with Crippen LogP contribution in [0.3, 0.4) is 0 Å². The van der Waals surface area contributed by atoms with Gasteiger partial charge in [0.1, 0.15) is 11.4 Å². The average Bonchev–Trinajstić information content (AvgIpc) is 3.13. The number of H-pyrrole nitrogens is 1. The first-order chi connectivity index (χ1) is 14.8. The van der Waals surface area contributed by atoms with Gasteiger partial charge in [0.25, 0.3) is 0 Å². The molecule has 0 fully saturated rings. The molecule has 31 heavy (non-hydrogen) atoms. The van der Waals surface area contributed by atoms with E-state index in [9.17, 15) is 18.0 Å². The van der Waals surface area contributed by atoms with Crippen molar-refractivity contribution in [3.8, 4) is 17.1 Å². The van der Waals surface area contributed by atoms with Crippen molar-refractivity contribution < 1.29 is 27.4 Å². The van der Waals surface area contributed by atoms with Gasteiger partial charge in [-0.25, -0.2) is 14.8 Å². The summed E-state index contributed by atoms with van der Waals surface area (Å²) in [6.45, 7) is 3.73. The van der Waals surface area contributed by atoms with Gasteiger partial charge >= 0.3 is 12.3 Å². The number of para-hydroxylation sites is 2. The molecular formula is C20H18F3N5O3. The predicted octanol–water partition coefficient (Wildman–Crippen LogP) is 4.09. The number of nitrogens with zero attached hydrogens (tertiary/aromatic N) is 3. The molecule has 0 bridgehead atoms. The Labute approximate surface area is 174 Å². The summed E-state index contributed by atoms with van der Waals surface area (Å²) in [7, 11) is 0. The number of esters is 1. The van der Waals surface area contributed by atoms with E-state index in [-0.39, 0.29) is 23.9 Å². The topological polar surface area (TPSA) is 102 Å². The number of benzene rings is 1. The van der Waals surface area contributed by atoms with Crippen molar-refractivity contribution in [2.75, 3.05) is 11.9 Å². The van der Waals surface area contributed by atoms with Gasteiger partial charge in [-0.15, -0.1) is 13.2 Å². The van der Waals surface area contributed by atoms with Crippen molar-refractivity contribution in [3.63, 3.8) is 0 Å². The Kier molecular flexibility index (Phi) is 5.25. The van der Waals surface area contributed by atoms with Crippen LogP contribution in [-0.2, 0) is 17.6 Å². The summed E-state index contributed by atoms with van der Waals surface area (Å²) in [5.41, 5.74) is 3.56. The quantitative estimate of drug-likeness (QED) is 0.584. The van der Waals surface area contributed by atoms with E-state index in [1.54, 1.807) is 19.9 Å². The second-order valence-corrected chi connectivity index (χ2v) is 6.77. The summed E-state index contributed by atoms with van der Waals surface area (Å²) in [4.78, 5) is 21.0. The second kappa shape index (κ2) is 7.89. The molecule has 162 valence electrons. The molecule has 1 aliphatic rings. The number of carbonyl (C=O) groups is 1. The number of hydrogen-bond acceptors (Lipinski definition) is 7. The summed E-state index contributed by atoms with van der Waals surface area (Å²) < 4.78 is 47.2. The van der Waals surface area contributed by atoms with E-state index in [2.05, 4.69) is 30.2 Å². The molecule has 2 N–H and O–H groups in total. The van der Waals surface area contributed by atoms with E-state index in [1.165, 1.54) is 18.2 Å². The minimum Gasteiger partial charge on any atom is -0.461 e. The summed E-state index contributed by atoms with van der Waals surface area (Å²) in [5, 5.41) is 9.74. The number of aromatic nitrogens is 4. The van der Waals surface area contributed by atoms with Crippen molar-refractivity contribution in [2.24, 2.45) is 0 Å². The number of rotatable bonds is 5. The lowest BCUT2D eigenvalue weighted by atomic mass is 9.91. The van der Waals surface area contributed by atoms with Crippen LogP contribution in [0.25, 0.3) is 11.4 Å². The molecular weight excluding hydrogens is 415 g/mol. The summed E-state index contributed by atoms with van der Waals surface area (Å²) in [6.07, 6.45) is -3.68. The van der Waals surface area contributed by atoms with Crippen LogP contribution in [0.2, 0.25) is 0 Å². The van der Waals surface area contributed by atoms with Crippen molar-refractivity contribution in [1.29, 1.82) is 0 Å². The smallest absolute Gasteiger partial charge is 0.461 e. The molecule has 3 aromatic rings. The first-order valence-corrected chi connectivity index (χ1v) is 9.51. The van der Waals surface area contributed by atoms with Gasteiger partial charge in [-0.05, 0) is 38.8 Å². The van der Waals surface area contributed by atoms with Crippen LogP contribution in [-0.4, -0.2) is 39.1 Å². The first kappa shape index (κ1) is 20.6. The van der Waals surface area contributed by atoms with Gasteiger partial charge in [0, 0.05) is 16.8 Å². The van der Waals surface area contributed by atoms with Gasteiger partial charge in [0.05, 0.1) is 18.0 Å². The van der Waals surface area contributed by atoms with E-state index in [1.807, 2.05) is 0 Å². The van der Waals surface area contributed by atoms with Crippen LogP contribution < -0.4 is 10.1 Å². The minimum atomic E-state index is -4.84. The summed E-state index contributed by atoms with van der Waals surface area (Å²) in [5.74, 6) is -0.816. The Hall–Kier alpha value is -3.63. The fraction of sp³-hybridized carbons (Fsp3) is 0.300. The van der Waals surface area contributed by atoms with Gasteiger partial charge in [0.2, 0.25) is 5.95 Å². The van der Waals surface area contributed by atoms with Crippen molar-refractivity contribution in [1.82, 2.24) is 20.2 Å². The van der Waals surface area contributed by atoms with Crippen LogP contribution >= 0.6 is 0 Å². The van der Waals surface area contributed by atoms with E-state index >= 15 is 0 Å². The van der Waals surface area contributed by atoms with Crippen LogP contribution in [0, 0.1) is 6.92 Å². The zero-order valence-electron chi connectivity index (χ0n) is 16.6. The van der Waals surface area contributed by atoms with Crippen LogP contribution in [0.4, 0.5) is 24.8 Å². The lowest BCUT2D eigenvalue weighted by Crippen LogP contribution is -2.18. The molecule has 2 heterocycles. The number of hydrogen-bond donors (Lipinski definition) is 2. The van der Waals surface area contributed by atoms with Gasteiger partial charge in [-0.2, -0.15) is 5.10 Å². The highest BCUT2D eigenvalue weighted by atomic mass is 19.4. The molecule has 0 radical (unpaired) electrons. The van der Waals surface area contributed by atoms with Crippen LogP contribution in [0.1, 0.15) is 34.2 Å². The monoisotopic (exact) mass is 433 g/mol. The Morgan fingerprint density at radius 2 is 1.90 bits per heavy atom. The maximum atomic E-state index is 12.7. The predicted molar refractivity (Wildman–Crippen MR) is 104 cm³/mol. The Morgan fingerprint density at radius 1 is 1.16 bits per heavy atom. The third kappa shape index (κ3) is 4.16. The Morgan fingerprint density at radius 3 is 2.65 bits per heavy atom.